The molecule has 0 aliphatic rings. The molecule has 0 radical (unpaired) electrons. The van der Waals surface area contributed by atoms with Crippen LogP contribution in [0.5, 0.6) is 0 Å². The van der Waals surface area contributed by atoms with Crippen LogP contribution in [0.15, 0.2) is 34.7 Å². The van der Waals surface area contributed by atoms with E-state index in [1.54, 1.807) is 0 Å². The molecule has 114 valence electrons. The smallest absolute Gasteiger partial charge is 0.247 e. The Balaban J connectivity index is 1.83. The van der Waals surface area contributed by atoms with Crippen molar-refractivity contribution in [2.45, 2.75) is 26.7 Å². The zero-order chi connectivity index (χ0) is 14.9. The molecule has 1 heterocycles. The van der Waals surface area contributed by atoms with Crippen LogP contribution < -0.4 is 5.32 Å². The first kappa shape index (κ1) is 15.6. The van der Waals surface area contributed by atoms with Crippen molar-refractivity contribution in [2.75, 3.05) is 19.8 Å². The Morgan fingerprint density at radius 2 is 1.81 bits per heavy atom. The molecule has 6 nitrogen and oxygen atoms in total. The van der Waals surface area contributed by atoms with Gasteiger partial charge in [0.1, 0.15) is 0 Å². The molecule has 1 aromatic carbocycles. The zero-order valence-electron chi connectivity index (χ0n) is 12.4. The van der Waals surface area contributed by atoms with Crippen molar-refractivity contribution in [1.29, 1.82) is 0 Å². The molecule has 21 heavy (non-hydrogen) atoms. The summed E-state index contributed by atoms with van der Waals surface area (Å²) in [5, 5.41) is 11.2. The normalized spacial score (nSPS) is 11.2. The fourth-order valence-electron chi connectivity index (χ4n) is 1.86. The van der Waals surface area contributed by atoms with Crippen molar-refractivity contribution in [1.82, 2.24) is 15.5 Å². The van der Waals surface area contributed by atoms with Crippen LogP contribution in [-0.4, -0.2) is 36.2 Å². The van der Waals surface area contributed by atoms with Gasteiger partial charge in [-0.05, 0) is 26.0 Å². The molecule has 0 atom stereocenters. The first-order valence-electron chi connectivity index (χ1n) is 7.15. The van der Waals surface area contributed by atoms with Gasteiger partial charge in [0.05, 0.1) is 6.54 Å². The molecule has 1 aromatic heterocycles. The number of benzene rings is 1. The van der Waals surface area contributed by atoms with Crippen LogP contribution in [0, 0.1) is 0 Å². The molecule has 0 aliphatic carbocycles. The quantitative estimate of drug-likeness (QED) is 0.714. The van der Waals surface area contributed by atoms with Crippen LogP contribution in [0.3, 0.4) is 0 Å². The molecule has 0 aliphatic heterocycles. The van der Waals surface area contributed by atoms with Gasteiger partial charge in [0.25, 0.3) is 0 Å². The largest absolute Gasteiger partial charge is 0.419 e. The van der Waals surface area contributed by atoms with Gasteiger partial charge in [-0.25, -0.2) is 0 Å². The summed E-state index contributed by atoms with van der Waals surface area (Å²) in [6.45, 7) is 6.17. The van der Waals surface area contributed by atoms with Gasteiger partial charge >= 0.3 is 0 Å². The second-order valence-corrected chi connectivity index (χ2v) is 4.34. The Bertz CT molecular complexity index is 510. The highest BCUT2D eigenvalue weighted by molar-refractivity contribution is 5.51. The number of nitrogens with zero attached hydrogens (tertiary/aromatic N) is 2. The fraction of sp³-hybridized carbons (Fsp3) is 0.467. The molecule has 1 N–H and O–H groups in total. The lowest BCUT2D eigenvalue weighted by atomic mass is 10.2. The van der Waals surface area contributed by atoms with E-state index in [-0.39, 0.29) is 6.29 Å². The van der Waals surface area contributed by atoms with Gasteiger partial charge in [-0.15, -0.1) is 10.2 Å². The number of ether oxygens (including phenoxy) is 2. The van der Waals surface area contributed by atoms with Crippen molar-refractivity contribution in [2.24, 2.45) is 0 Å². The van der Waals surface area contributed by atoms with Crippen molar-refractivity contribution >= 4 is 0 Å². The average molecular weight is 291 g/mol. The average Bonchev–Trinajstić information content (AvgIpc) is 2.97. The zero-order valence-corrected chi connectivity index (χ0v) is 12.4. The molecule has 0 spiro atoms. The number of rotatable bonds is 9. The molecule has 0 amide bonds. The SMILES string of the molecule is CCOC(CNCc1nnc(-c2ccccc2)o1)OCC. The van der Waals surface area contributed by atoms with Crippen molar-refractivity contribution in [3.05, 3.63) is 36.2 Å². The summed E-state index contributed by atoms with van der Waals surface area (Å²) in [5.74, 6) is 1.07. The van der Waals surface area contributed by atoms with E-state index in [4.69, 9.17) is 13.9 Å². The maximum atomic E-state index is 5.61. The number of hydrogen-bond acceptors (Lipinski definition) is 6. The molecule has 2 rings (SSSR count). The highest BCUT2D eigenvalue weighted by Crippen LogP contribution is 2.16. The highest BCUT2D eigenvalue weighted by atomic mass is 16.7. The van der Waals surface area contributed by atoms with Crippen molar-refractivity contribution < 1.29 is 13.9 Å². The third kappa shape index (κ3) is 4.93. The van der Waals surface area contributed by atoms with Gasteiger partial charge in [0, 0.05) is 25.3 Å². The number of aromatic nitrogens is 2. The molecule has 0 bridgehead atoms. The first-order chi connectivity index (χ1) is 10.3. The lowest BCUT2D eigenvalue weighted by molar-refractivity contribution is -0.133. The maximum absolute atomic E-state index is 5.61. The second kappa shape index (κ2) is 8.51. The van der Waals surface area contributed by atoms with Crippen LogP contribution in [0.1, 0.15) is 19.7 Å². The van der Waals surface area contributed by atoms with Gasteiger partial charge < -0.3 is 19.2 Å². The lowest BCUT2D eigenvalue weighted by Gasteiger charge is -2.16. The van der Waals surface area contributed by atoms with Crippen LogP contribution >= 0.6 is 0 Å². The standard InChI is InChI=1S/C15H21N3O3/c1-3-19-14(20-4-2)11-16-10-13-17-18-15(21-13)12-8-6-5-7-9-12/h5-9,14,16H,3-4,10-11H2,1-2H3. The number of hydrogen-bond donors (Lipinski definition) is 1. The van der Waals surface area contributed by atoms with Crippen LogP contribution in [0.4, 0.5) is 0 Å². The molecule has 0 saturated heterocycles. The molecule has 2 aromatic rings. The van der Waals surface area contributed by atoms with Crippen molar-refractivity contribution in [3.8, 4) is 11.5 Å². The summed E-state index contributed by atoms with van der Waals surface area (Å²) >= 11 is 0. The van der Waals surface area contributed by atoms with Crippen molar-refractivity contribution in [3.63, 3.8) is 0 Å². The molecule has 0 fully saturated rings. The van der Waals surface area contributed by atoms with Crippen LogP contribution in [0.25, 0.3) is 11.5 Å². The third-order valence-electron chi connectivity index (χ3n) is 2.78. The van der Waals surface area contributed by atoms with E-state index in [9.17, 15) is 0 Å². The Labute approximate surface area is 124 Å². The van der Waals surface area contributed by atoms with E-state index in [1.165, 1.54) is 0 Å². The first-order valence-corrected chi connectivity index (χ1v) is 7.15. The predicted octanol–water partition coefficient (Wildman–Crippen LogP) is 2.23. The Morgan fingerprint density at radius 1 is 1.10 bits per heavy atom. The fourth-order valence-corrected chi connectivity index (χ4v) is 1.86. The van der Waals surface area contributed by atoms with Gasteiger partial charge in [-0.3, -0.25) is 0 Å². The van der Waals surface area contributed by atoms with E-state index < -0.39 is 0 Å². The predicted molar refractivity (Wildman–Crippen MR) is 78.5 cm³/mol. The molecular formula is C15H21N3O3. The van der Waals surface area contributed by atoms with E-state index in [0.717, 1.165) is 5.56 Å². The topological polar surface area (TPSA) is 69.4 Å². The van der Waals surface area contributed by atoms with Gasteiger partial charge in [-0.1, -0.05) is 18.2 Å². The number of nitrogens with one attached hydrogen (secondary N) is 1. The molecule has 0 unspecified atom stereocenters. The van der Waals surface area contributed by atoms with E-state index >= 15 is 0 Å². The minimum absolute atomic E-state index is 0.253. The summed E-state index contributed by atoms with van der Waals surface area (Å²) in [6.07, 6.45) is -0.253. The van der Waals surface area contributed by atoms with E-state index in [0.29, 0.717) is 38.1 Å². The Morgan fingerprint density at radius 3 is 2.48 bits per heavy atom. The van der Waals surface area contributed by atoms with E-state index in [1.807, 2.05) is 44.2 Å². The Hall–Kier alpha value is -1.76. The third-order valence-corrected chi connectivity index (χ3v) is 2.78. The van der Waals surface area contributed by atoms with Crippen LogP contribution in [-0.2, 0) is 16.0 Å². The van der Waals surface area contributed by atoms with E-state index in [2.05, 4.69) is 15.5 Å². The van der Waals surface area contributed by atoms with Gasteiger partial charge in [0.2, 0.25) is 11.8 Å². The van der Waals surface area contributed by atoms with Crippen LogP contribution in [0.2, 0.25) is 0 Å². The second-order valence-electron chi connectivity index (χ2n) is 4.34. The van der Waals surface area contributed by atoms with Gasteiger partial charge in [0.15, 0.2) is 6.29 Å². The summed E-state index contributed by atoms with van der Waals surface area (Å²) in [7, 11) is 0. The molecule has 6 heteroatoms. The minimum atomic E-state index is -0.253. The Kier molecular flexibility index (Phi) is 6.33. The highest BCUT2D eigenvalue weighted by Gasteiger charge is 2.10. The lowest BCUT2D eigenvalue weighted by Crippen LogP contribution is -2.31. The molecule has 0 saturated carbocycles. The van der Waals surface area contributed by atoms with Gasteiger partial charge in [-0.2, -0.15) is 0 Å². The summed E-state index contributed by atoms with van der Waals surface area (Å²) in [6, 6.07) is 9.69. The summed E-state index contributed by atoms with van der Waals surface area (Å²) in [5.41, 5.74) is 0.915. The summed E-state index contributed by atoms with van der Waals surface area (Å²) < 4.78 is 16.5. The minimum Gasteiger partial charge on any atom is -0.419 e. The maximum Gasteiger partial charge on any atom is 0.247 e. The summed E-state index contributed by atoms with van der Waals surface area (Å²) in [4.78, 5) is 0. The monoisotopic (exact) mass is 291 g/mol. The molecular weight excluding hydrogens is 270 g/mol.